The summed E-state index contributed by atoms with van der Waals surface area (Å²) in [4.78, 5) is 28.7. The van der Waals surface area contributed by atoms with Crippen LogP contribution in [0.2, 0.25) is 33.2 Å². The molecule has 10 heteroatoms. The Hall–Kier alpha value is -4.23. The molecule has 2 amide bonds. The minimum absolute atomic E-state index is 0.116. The first kappa shape index (κ1) is 61.6. The largest absolute Gasteiger partial charge is 0.494 e. The predicted molar refractivity (Wildman–Crippen MR) is 320 cm³/mol. The Morgan fingerprint density at radius 3 is 1.43 bits per heavy atom. The SMILES string of the molecule is CC(OC(C)(C)C)C(NC(=O)OCC1c2ccccc2-c2ccccc21)C(=O)NC(c1ccc(OCCCCCCCCCCCO[Si](C(C)C)(C(C)C)C(C)C)cc1)c1ccc([Si](C(C)C)(C(C)C)C(C)C)cc1. The zero-order valence-electron chi connectivity index (χ0n) is 49.4. The fourth-order valence-electron chi connectivity index (χ4n) is 13.5. The molecule has 1 aliphatic carbocycles. The number of hydrogen-bond donors (Lipinski definition) is 2. The van der Waals surface area contributed by atoms with E-state index in [1.165, 1.54) is 50.1 Å². The summed E-state index contributed by atoms with van der Waals surface area (Å²) in [6, 6.07) is 32.1. The molecule has 2 N–H and O–H groups in total. The molecule has 1 aliphatic rings. The lowest BCUT2D eigenvalue weighted by molar-refractivity contribution is -0.131. The Kier molecular flexibility index (Phi) is 23.3. The third-order valence-electron chi connectivity index (χ3n) is 16.6. The van der Waals surface area contributed by atoms with Gasteiger partial charge in [0.15, 0.2) is 8.32 Å². The van der Waals surface area contributed by atoms with Crippen molar-refractivity contribution in [2.45, 2.75) is 232 Å². The van der Waals surface area contributed by atoms with Crippen molar-refractivity contribution in [3.05, 3.63) is 119 Å². The molecule has 3 unspecified atom stereocenters. The molecule has 0 saturated heterocycles. The van der Waals surface area contributed by atoms with Gasteiger partial charge in [0.2, 0.25) is 5.91 Å². The van der Waals surface area contributed by atoms with Gasteiger partial charge in [-0.1, -0.05) is 218 Å². The van der Waals surface area contributed by atoms with Gasteiger partial charge in [0.05, 0.1) is 32.4 Å². The normalized spacial score (nSPS) is 14.4. The van der Waals surface area contributed by atoms with Crippen LogP contribution >= 0.6 is 0 Å². The summed E-state index contributed by atoms with van der Waals surface area (Å²) in [5, 5.41) is 7.76. The van der Waals surface area contributed by atoms with Crippen molar-refractivity contribution < 1.29 is 28.2 Å². The Labute approximate surface area is 457 Å². The van der Waals surface area contributed by atoms with Gasteiger partial charge in [-0.3, -0.25) is 4.79 Å². The van der Waals surface area contributed by atoms with Crippen LogP contribution in [0.1, 0.15) is 203 Å². The summed E-state index contributed by atoms with van der Waals surface area (Å²) in [5.74, 6) is 0.328. The number of carbonyl (C=O) groups is 2. The number of alkyl carbamates (subject to hydrolysis) is 1. The second-order valence-electron chi connectivity index (χ2n) is 24.6. The van der Waals surface area contributed by atoms with Gasteiger partial charge in [0.25, 0.3) is 0 Å². The Bertz CT molecular complexity index is 2270. The monoisotopic (exact) mass is 1060 g/mol. The number of benzene rings is 4. The van der Waals surface area contributed by atoms with Gasteiger partial charge in [-0.15, -0.1) is 0 Å². The lowest BCUT2D eigenvalue weighted by Crippen LogP contribution is -2.55. The highest BCUT2D eigenvalue weighted by Crippen LogP contribution is 2.45. The molecule has 0 saturated carbocycles. The molecule has 8 nitrogen and oxygen atoms in total. The molecule has 0 fully saturated rings. The smallest absolute Gasteiger partial charge is 0.407 e. The second-order valence-corrected chi connectivity index (χ2v) is 36.0. The summed E-state index contributed by atoms with van der Waals surface area (Å²) in [5.41, 5.74) is 9.43. The van der Waals surface area contributed by atoms with Crippen LogP contribution in [0.25, 0.3) is 11.1 Å². The van der Waals surface area contributed by atoms with Gasteiger partial charge in [-0.25, -0.2) is 4.79 Å². The molecule has 0 heterocycles. The minimum atomic E-state index is -1.94. The molecule has 0 aromatic heterocycles. The van der Waals surface area contributed by atoms with Gasteiger partial charge < -0.3 is 29.3 Å². The van der Waals surface area contributed by atoms with E-state index in [9.17, 15) is 9.59 Å². The maximum atomic E-state index is 14.9. The fraction of sp³-hybridized carbons (Fsp3) is 0.600. The number of nitrogens with one attached hydrogen (secondary N) is 2. The van der Waals surface area contributed by atoms with Gasteiger partial charge in [0.1, 0.15) is 18.4 Å². The van der Waals surface area contributed by atoms with E-state index in [-0.39, 0.29) is 18.4 Å². The third-order valence-corrected chi connectivity index (χ3v) is 29.8. The molecule has 75 heavy (non-hydrogen) atoms. The summed E-state index contributed by atoms with van der Waals surface area (Å²) >= 11 is 0. The molecule has 0 spiro atoms. The van der Waals surface area contributed by atoms with Crippen molar-refractivity contribution >= 4 is 33.6 Å². The lowest BCUT2D eigenvalue weighted by atomic mass is 9.97. The number of amides is 2. The molecule has 414 valence electrons. The molecule has 0 aliphatic heterocycles. The van der Waals surface area contributed by atoms with Crippen molar-refractivity contribution in [1.82, 2.24) is 10.6 Å². The topological polar surface area (TPSA) is 95.1 Å². The van der Waals surface area contributed by atoms with E-state index in [0.717, 1.165) is 58.6 Å². The molecule has 0 radical (unpaired) electrons. The van der Waals surface area contributed by atoms with Crippen LogP contribution in [0.5, 0.6) is 5.75 Å². The fourth-order valence-corrected chi connectivity index (χ4v) is 25.7. The van der Waals surface area contributed by atoms with Crippen molar-refractivity contribution in [3.63, 3.8) is 0 Å². The van der Waals surface area contributed by atoms with Crippen molar-refractivity contribution in [3.8, 4) is 16.9 Å². The van der Waals surface area contributed by atoms with Gasteiger partial charge >= 0.3 is 6.09 Å². The quantitative estimate of drug-likeness (QED) is 0.0399. The highest BCUT2D eigenvalue weighted by Gasteiger charge is 2.46. The van der Waals surface area contributed by atoms with Gasteiger partial charge in [0, 0.05) is 12.5 Å². The van der Waals surface area contributed by atoms with E-state index in [2.05, 4.69) is 154 Å². The molecule has 5 rings (SSSR count). The maximum absolute atomic E-state index is 14.9. The van der Waals surface area contributed by atoms with Crippen LogP contribution in [0, 0.1) is 0 Å². The summed E-state index contributed by atoms with van der Waals surface area (Å²) < 4.78 is 25.5. The second kappa shape index (κ2) is 28.4. The third kappa shape index (κ3) is 15.7. The van der Waals surface area contributed by atoms with Crippen LogP contribution in [0.3, 0.4) is 0 Å². The molecule has 0 bridgehead atoms. The number of hydrogen-bond acceptors (Lipinski definition) is 6. The van der Waals surface area contributed by atoms with E-state index in [1.54, 1.807) is 0 Å². The van der Waals surface area contributed by atoms with E-state index in [1.807, 2.05) is 64.1 Å². The van der Waals surface area contributed by atoms with Gasteiger partial charge in [-0.2, -0.15) is 0 Å². The first-order valence-electron chi connectivity index (χ1n) is 29.1. The van der Waals surface area contributed by atoms with E-state index < -0.39 is 46.3 Å². The first-order valence-corrected chi connectivity index (χ1v) is 33.5. The highest BCUT2D eigenvalue weighted by atomic mass is 28.4. The number of fused-ring (bicyclic) bond motifs is 3. The van der Waals surface area contributed by atoms with Crippen molar-refractivity contribution in [1.29, 1.82) is 0 Å². The minimum Gasteiger partial charge on any atom is -0.494 e. The van der Waals surface area contributed by atoms with Crippen LogP contribution in [-0.4, -0.2) is 66.0 Å². The van der Waals surface area contributed by atoms with Crippen molar-refractivity contribution in [2.24, 2.45) is 0 Å². The summed E-state index contributed by atoms with van der Waals surface area (Å²) in [7, 11) is -3.71. The van der Waals surface area contributed by atoms with E-state index in [0.29, 0.717) is 39.9 Å². The average molecular weight is 1060 g/mol. The maximum Gasteiger partial charge on any atom is 0.407 e. The highest BCUT2D eigenvalue weighted by molar-refractivity contribution is 6.95. The zero-order chi connectivity index (χ0) is 55.1. The molecule has 3 atom stereocenters. The Morgan fingerprint density at radius 2 is 0.973 bits per heavy atom. The number of ether oxygens (including phenoxy) is 3. The molecule has 4 aromatic carbocycles. The number of unbranched alkanes of at least 4 members (excludes halogenated alkanes) is 8. The standard InChI is InChI=1S/C65H100N2O6Si2/c1-45(2)74(46(3)4,47(5)6)55-40-36-53(37-41-55)62(52-34-38-54(39-35-52)70-42-28-22-20-18-17-19-21-23-29-43-72-75(48(7)8,49(9)10)50(11)12)66-63(68)61(51(13)73-65(14,15)16)67-64(69)71-44-60-58-32-26-24-30-56(58)57-31-25-27-33-59(57)60/h24-27,30-41,45-51,60-62H,17-23,28-29,42-44H2,1-16H3,(H,66,68)(H,67,69). The first-order chi connectivity index (χ1) is 35.6. The zero-order valence-corrected chi connectivity index (χ0v) is 51.4. The van der Waals surface area contributed by atoms with Crippen LogP contribution < -0.4 is 20.6 Å². The van der Waals surface area contributed by atoms with Crippen LogP contribution in [-0.2, 0) is 18.7 Å². The summed E-state index contributed by atoms with van der Waals surface area (Å²) in [6.07, 6.45) is 9.61. The van der Waals surface area contributed by atoms with Gasteiger partial charge in [-0.05, 0) is 119 Å². The molecular formula is C65H100N2O6Si2. The Morgan fingerprint density at radius 1 is 0.533 bits per heavy atom. The molecule has 4 aromatic rings. The number of carbonyl (C=O) groups excluding carboxylic acids is 2. The van der Waals surface area contributed by atoms with Crippen LogP contribution in [0.15, 0.2) is 97.1 Å². The van der Waals surface area contributed by atoms with E-state index >= 15 is 0 Å². The average Bonchev–Trinajstić information content (AvgIpc) is 3.67. The summed E-state index contributed by atoms with van der Waals surface area (Å²) in [6.45, 7) is 37.9. The molecular weight excluding hydrogens is 961 g/mol. The van der Waals surface area contributed by atoms with E-state index in [4.69, 9.17) is 18.6 Å². The van der Waals surface area contributed by atoms with Crippen molar-refractivity contribution in [2.75, 3.05) is 19.8 Å². The van der Waals surface area contributed by atoms with Crippen LogP contribution in [0.4, 0.5) is 4.79 Å². The lowest BCUT2D eigenvalue weighted by Gasteiger charge is -2.43. The predicted octanol–water partition coefficient (Wildman–Crippen LogP) is 17.0. The Balaban J connectivity index is 1.23. The number of rotatable bonds is 30.